The Morgan fingerprint density at radius 1 is 1.05 bits per heavy atom. The van der Waals surface area contributed by atoms with Gasteiger partial charge in [-0.15, -0.1) is 0 Å². The molecule has 0 spiro atoms. The van der Waals surface area contributed by atoms with Crippen molar-refractivity contribution in [1.82, 2.24) is 10.1 Å². The first kappa shape index (κ1) is 13.0. The van der Waals surface area contributed by atoms with Gasteiger partial charge in [-0.3, -0.25) is 0 Å². The second-order valence-electron chi connectivity index (χ2n) is 6.56. The number of rotatable bonds is 4. The van der Waals surface area contributed by atoms with Gasteiger partial charge < -0.3 is 10.3 Å². The normalized spacial score (nSPS) is 22.3. The van der Waals surface area contributed by atoms with Gasteiger partial charge >= 0.3 is 0 Å². The van der Waals surface area contributed by atoms with Crippen LogP contribution in [-0.4, -0.2) is 16.7 Å². The quantitative estimate of drug-likeness (QED) is 0.937. The molecular formula is C17H21N3O. The van der Waals surface area contributed by atoms with Gasteiger partial charge in [0.2, 0.25) is 5.89 Å². The summed E-state index contributed by atoms with van der Waals surface area (Å²) >= 11 is 0. The third-order valence-corrected chi connectivity index (χ3v) is 5.34. The standard InChI is InChI=1S/C17H21N3O/c18-12-16(10-11-16)15-19-14(20-21-15)17(8-4-5-9-17)13-6-2-1-3-7-13/h1-3,6-7H,4-5,8-12,18H2. The number of nitrogens with zero attached hydrogens (tertiary/aromatic N) is 2. The fourth-order valence-electron chi connectivity index (χ4n) is 3.67. The first-order chi connectivity index (χ1) is 10.3. The van der Waals surface area contributed by atoms with Gasteiger partial charge in [-0.2, -0.15) is 4.98 Å². The Hall–Kier alpha value is -1.68. The summed E-state index contributed by atoms with van der Waals surface area (Å²) < 4.78 is 5.60. The fraction of sp³-hybridized carbons (Fsp3) is 0.529. The molecule has 0 atom stereocenters. The highest BCUT2D eigenvalue weighted by Crippen LogP contribution is 2.49. The van der Waals surface area contributed by atoms with Crippen LogP contribution in [0.3, 0.4) is 0 Å². The zero-order valence-electron chi connectivity index (χ0n) is 12.2. The molecule has 4 heteroatoms. The zero-order valence-corrected chi connectivity index (χ0v) is 12.2. The molecule has 21 heavy (non-hydrogen) atoms. The Kier molecular flexibility index (Phi) is 2.89. The van der Waals surface area contributed by atoms with E-state index in [1.807, 2.05) is 0 Å². The molecule has 4 nitrogen and oxygen atoms in total. The highest BCUT2D eigenvalue weighted by Gasteiger charge is 2.50. The topological polar surface area (TPSA) is 64.9 Å². The maximum atomic E-state index is 5.88. The van der Waals surface area contributed by atoms with Crippen LogP contribution in [0, 0.1) is 0 Å². The molecule has 0 radical (unpaired) electrons. The van der Waals surface area contributed by atoms with Gasteiger partial charge in [-0.1, -0.05) is 48.3 Å². The van der Waals surface area contributed by atoms with Crippen LogP contribution in [0.5, 0.6) is 0 Å². The molecule has 0 unspecified atom stereocenters. The Labute approximate surface area is 124 Å². The molecule has 2 fully saturated rings. The average Bonchev–Trinajstić information content (AvgIpc) is 2.96. The lowest BCUT2D eigenvalue weighted by Gasteiger charge is -2.25. The lowest BCUT2D eigenvalue weighted by Crippen LogP contribution is -2.26. The predicted octanol–water partition coefficient (Wildman–Crippen LogP) is 2.92. The molecule has 0 amide bonds. The number of nitrogens with two attached hydrogens (primary N) is 1. The van der Waals surface area contributed by atoms with Gasteiger partial charge in [0, 0.05) is 6.54 Å². The third-order valence-electron chi connectivity index (χ3n) is 5.34. The van der Waals surface area contributed by atoms with Crippen molar-refractivity contribution in [3.8, 4) is 0 Å². The molecule has 0 saturated heterocycles. The number of aromatic nitrogens is 2. The van der Waals surface area contributed by atoms with Crippen LogP contribution in [-0.2, 0) is 10.8 Å². The third kappa shape index (κ3) is 1.93. The summed E-state index contributed by atoms with van der Waals surface area (Å²) in [7, 11) is 0. The minimum atomic E-state index is -0.0618. The van der Waals surface area contributed by atoms with Gasteiger partial charge in [0.1, 0.15) is 0 Å². The van der Waals surface area contributed by atoms with Gasteiger partial charge in [-0.25, -0.2) is 0 Å². The van der Waals surface area contributed by atoms with Crippen molar-refractivity contribution in [2.75, 3.05) is 6.54 Å². The van der Waals surface area contributed by atoms with Crippen molar-refractivity contribution in [3.05, 3.63) is 47.6 Å². The molecule has 2 N–H and O–H groups in total. The molecule has 1 aromatic carbocycles. The maximum Gasteiger partial charge on any atom is 0.234 e. The second kappa shape index (κ2) is 4.67. The summed E-state index contributed by atoms with van der Waals surface area (Å²) in [6, 6.07) is 10.6. The molecule has 4 rings (SSSR count). The minimum Gasteiger partial charge on any atom is -0.339 e. The molecular weight excluding hydrogens is 262 g/mol. The summed E-state index contributed by atoms with van der Waals surface area (Å²) in [4.78, 5) is 4.79. The van der Waals surface area contributed by atoms with Crippen LogP contribution in [0.2, 0.25) is 0 Å². The largest absolute Gasteiger partial charge is 0.339 e. The van der Waals surface area contributed by atoms with E-state index >= 15 is 0 Å². The summed E-state index contributed by atoms with van der Waals surface area (Å²) in [5.74, 6) is 1.61. The van der Waals surface area contributed by atoms with E-state index in [0.29, 0.717) is 6.54 Å². The van der Waals surface area contributed by atoms with E-state index in [-0.39, 0.29) is 10.8 Å². The molecule has 1 heterocycles. The molecule has 110 valence electrons. The van der Waals surface area contributed by atoms with Crippen LogP contribution in [0.1, 0.15) is 55.8 Å². The van der Waals surface area contributed by atoms with Crippen molar-refractivity contribution in [3.63, 3.8) is 0 Å². The summed E-state index contributed by atoms with van der Waals surface area (Å²) in [6.07, 6.45) is 6.80. The summed E-state index contributed by atoms with van der Waals surface area (Å²) in [5, 5.41) is 4.36. The average molecular weight is 283 g/mol. The Morgan fingerprint density at radius 3 is 2.38 bits per heavy atom. The van der Waals surface area contributed by atoms with E-state index in [2.05, 4.69) is 35.5 Å². The van der Waals surface area contributed by atoms with E-state index in [1.165, 1.54) is 18.4 Å². The van der Waals surface area contributed by atoms with Crippen LogP contribution < -0.4 is 5.73 Å². The van der Waals surface area contributed by atoms with Crippen LogP contribution in [0.15, 0.2) is 34.9 Å². The predicted molar refractivity (Wildman–Crippen MR) is 80.0 cm³/mol. The van der Waals surface area contributed by atoms with Gasteiger partial charge in [-0.05, 0) is 31.2 Å². The summed E-state index contributed by atoms with van der Waals surface area (Å²) in [6.45, 7) is 0.604. The summed E-state index contributed by atoms with van der Waals surface area (Å²) in [5.41, 5.74) is 7.10. The first-order valence-corrected chi connectivity index (χ1v) is 7.89. The molecule has 0 aliphatic heterocycles. The van der Waals surface area contributed by atoms with E-state index in [1.54, 1.807) is 0 Å². The molecule has 2 aromatic rings. The Bertz CT molecular complexity index is 624. The van der Waals surface area contributed by atoms with Gasteiger partial charge in [0.15, 0.2) is 5.82 Å². The van der Waals surface area contributed by atoms with Crippen LogP contribution >= 0.6 is 0 Å². The minimum absolute atomic E-state index is 0.0261. The van der Waals surface area contributed by atoms with E-state index in [0.717, 1.165) is 37.4 Å². The molecule has 0 bridgehead atoms. The zero-order chi connectivity index (χ0) is 14.3. The molecule has 2 aliphatic rings. The van der Waals surface area contributed by atoms with E-state index < -0.39 is 0 Å². The lowest BCUT2D eigenvalue weighted by molar-refractivity contribution is 0.335. The van der Waals surface area contributed by atoms with Crippen molar-refractivity contribution in [2.24, 2.45) is 5.73 Å². The smallest absolute Gasteiger partial charge is 0.234 e. The van der Waals surface area contributed by atoms with Crippen molar-refractivity contribution >= 4 is 0 Å². The molecule has 2 aliphatic carbocycles. The lowest BCUT2D eigenvalue weighted by atomic mass is 9.78. The first-order valence-electron chi connectivity index (χ1n) is 7.89. The number of benzene rings is 1. The highest BCUT2D eigenvalue weighted by atomic mass is 16.5. The van der Waals surface area contributed by atoms with E-state index in [4.69, 9.17) is 15.2 Å². The SMILES string of the molecule is NCC1(c2nc(C3(c4ccccc4)CCCC3)no2)CC1. The fourth-order valence-corrected chi connectivity index (χ4v) is 3.67. The van der Waals surface area contributed by atoms with Crippen LogP contribution in [0.4, 0.5) is 0 Å². The van der Waals surface area contributed by atoms with Crippen molar-refractivity contribution in [1.29, 1.82) is 0 Å². The van der Waals surface area contributed by atoms with Gasteiger partial charge in [0.05, 0.1) is 10.8 Å². The molecule has 1 aromatic heterocycles. The monoisotopic (exact) mass is 283 g/mol. The van der Waals surface area contributed by atoms with Gasteiger partial charge in [0.25, 0.3) is 0 Å². The van der Waals surface area contributed by atoms with E-state index in [9.17, 15) is 0 Å². The number of hydrogen-bond donors (Lipinski definition) is 1. The second-order valence-corrected chi connectivity index (χ2v) is 6.56. The van der Waals surface area contributed by atoms with Crippen molar-refractivity contribution in [2.45, 2.75) is 49.4 Å². The molecule has 2 saturated carbocycles. The Balaban J connectivity index is 1.76. The highest BCUT2D eigenvalue weighted by molar-refractivity contribution is 5.34. The Morgan fingerprint density at radius 2 is 1.76 bits per heavy atom. The van der Waals surface area contributed by atoms with Crippen LogP contribution in [0.25, 0.3) is 0 Å². The van der Waals surface area contributed by atoms with Crippen molar-refractivity contribution < 1.29 is 4.52 Å². The maximum absolute atomic E-state index is 5.88. The number of hydrogen-bond acceptors (Lipinski definition) is 4.